The molecular weight excluding hydrogens is 391 g/mol. The summed E-state index contributed by atoms with van der Waals surface area (Å²) in [4.78, 5) is 23.2. The van der Waals surface area contributed by atoms with E-state index < -0.39 is 11.6 Å². The number of fused-ring (bicyclic) bond motifs is 5. The number of hydrogen-bond donors (Lipinski definition) is 2. The Morgan fingerprint density at radius 3 is 2.62 bits per heavy atom. The molecule has 29 heavy (non-hydrogen) atoms. The van der Waals surface area contributed by atoms with Crippen LogP contribution < -0.4 is 0 Å². The molecule has 2 N–H and O–H groups in total. The molecule has 2 fully saturated rings. The average molecular weight is 427 g/mol. The first-order valence-corrected chi connectivity index (χ1v) is 11.0. The molecule has 0 spiro atoms. The van der Waals surface area contributed by atoms with Gasteiger partial charge in [-0.05, 0) is 72.8 Å². The van der Waals surface area contributed by atoms with Crippen molar-refractivity contribution in [2.24, 2.45) is 34.5 Å². The van der Waals surface area contributed by atoms with Crippen LogP contribution in [0, 0.1) is 34.5 Å². The second-order valence-electron chi connectivity index (χ2n) is 10.2. The minimum atomic E-state index is -0.900. The first-order chi connectivity index (χ1) is 13.2. The summed E-state index contributed by atoms with van der Waals surface area (Å²) in [5, 5.41) is 21.1. The summed E-state index contributed by atoms with van der Waals surface area (Å²) >= 11 is 0. The first kappa shape index (κ1) is 23.9. The van der Waals surface area contributed by atoms with Crippen molar-refractivity contribution in [3.63, 3.8) is 0 Å². The van der Waals surface area contributed by atoms with E-state index in [-0.39, 0.29) is 80.3 Å². The number of aliphatic carboxylic acids is 1. The van der Waals surface area contributed by atoms with Gasteiger partial charge in [0.15, 0.2) is 5.78 Å². The Balaban J connectivity index is 0.00000240. The minimum absolute atomic E-state index is 0. The van der Waals surface area contributed by atoms with Crippen molar-refractivity contribution in [2.45, 2.75) is 77.7 Å². The predicted molar refractivity (Wildman–Crippen MR) is 115 cm³/mol. The molecular formula is C24H35KO4. The number of aliphatic hydroxyl groups is 1. The molecule has 7 atom stereocenters. The molecule has 0 saturated heterocycles. The van der Waals surface area contributed by atoms with E-state index in [0.29, 0.717) is 30.6 Å². The maximum atomic E-state index is 12.0. The van der Waals surface area contributed by atoms with Crippen LogP contribution in [-0.4, -0.2) is 79.0 Å². The van der Waals surface area contributed by atoms with Gasteiger partial charge in [0.25, 0.3) is 0 Å². The van der Waals surface area contributed by atoms with Gasteiger partial charge in [-0.3, -0.25) is 9.59 Å². The zero-order chi connectivity index (χ0) is 20.3. The van der Waals surface area contributed by atoms with Gasteiger partial charge in [0, 0.05) is 18.3 Å². The summed E-state index contributed by atoms with van der Waals surface area (Å²) in [6.07, 6.45) is 12.1. The zero-order valence-corrected chi connectivity index (χ0v) is 17.4. The fraction of sp³-hybridized carbons (Fsp3) is 0.750. The van der Waals surface area contributed by atoms with Gasteiger partial charge in [0.2, 0.25) is 0 Å². The van der Waals surface area contributed by atoms with Gasteiger partial charge in [-0.1, -0.05) is 39.3 Å². The number of carboxylic acid groups (broad SMARTS) is 1. The quantitative estimate of drug-likeness (QED) is 0.669. The number of hydrogen-bond acceptors (Lipinski definition) is 3. The van der Waals surface area contributed by atoms with Crippen molar-refractivity contribution in [3.8, 4) is 0 Å². The SMILES string of the molecule is CCC1C[C@H]2[C@@H]3C=CC4=CC(=O)CC[C@]4(C)[C@H]3CC[C@]2(C)[C@@]1(O)CCC(=O)O.[KH]. The molecule has 4 nitrogen and oxygen atoms in total. The molecule has 2 saturated carbocycles. The molecule has 0 radical (unpaired) electrons. The fourth-order valence-electron chi connectivity index (χ4n) is 7.55. The molecule has 4 aliphatic carbocycles. The molecule has 0 aliphatic heterocycles. The molecule has 156 valence electrons. The van der Waals surface area contributed by atoms with Gasteiger partial charge in [-0.25, -0.2) is 0 Å². The number of rotatable bonds is 4. The van der Waals surface area contributed by atoms with E-state index in [0.717, 1.165) is 32.1 Å². The summed E-state index contributed by atoms with van der Waals surface area (Å²) < 4.78 is 0. The number of carbonyl (C=O) groups is 2. The van der Waals surface area contributed by atoms with Crippen molar-refractivity contribution in [1.82, 2.24) is 0 Å². The van der Waals surface area contributed by atoms with E-state index in [9.17, 15) is 19.8 Å². The molecule has 1 unspecified atom stereocenters. The van der Waals surface area contributed by atoms with Gasteiger partial charge in [0.1, 0.15) is 0 Å². The Labute approximate surface area is 217 Å². The Hall–Kier alpha value is 0.216. The van der Waals surface area contributed by atoms with Crippen LogP contribution in [0.15, 0.2) is 23.8 Å². The Morgan fingerprint density at radius 2 is 1.97 bits per heavy atom. The maximum absolute atomic E-state index is 12.0. The molecule has 4 aliphatic rings. The van der Waals surface area contributed by atoms with Crippen molar-refractivity contribution in [2.75, 3.05) is 0 Å². The monoisotopic (exact) mass is 426 g/mol. The van der Waals surface area contributed by atoms with E-state index in [1.54, 1.807) is 0 Å². The van der Waals surface area contributed by atoms with Crippen molar-refractivity contribution >= 4 is 63.1 Å². The third-order valence-electron chi connectivity index (χ3n) is 9.32. The van der Waals surface area contributed by atoms with Gasteiger partial charge in [-0.2, -0.15) is 0 Å². The van der Waals surface area contributed by atoms with E-state index in [1.807, 2.05) is 6.08 Å². The summed E-state index contributed by atoms with van der Waals surface area (Å²) in [6.45, 7) is 6.68. The van der Waals surface area contributed by atoms with Crippen LogP contribution in [0.5, 0.6) is 0 Å². The number of carboxylic acids is 1. The van der Waals surface area contributed by atoms with Crippen LogP contribution in [0.4, 0.5) is 0 Å². The molecule has 0 aromatic heterocycles. The standard InChI is InChI=1S/C24H34O4.K.H/c1-4-15-14-20-18-6-5-16-13-17(25)7-10-22(16,2)19(18)8-11-23(20,3)24(15,28)12-9-21(26)27;;/h5-6,13,15,18-20,28H,4,7-12,14H2,1-3H3,(H,26,27);;/t15?,18-,19+,20+,22+,23+,24-;;/m1../s1. The third-order valence-corrected chi connectivity index (χ3v) is 9.32. The first-order valence-electron chi connectivity index (χ1n) is 11.0. The van der Waals surface area contributed by atoms with Gasteiger partial charge >= 0.3 is 57.4 Å². The molecule has 4 rings (SSSR count). The third kappa shape index (κ3) is 3.52. The molecule has 0 aromatic carbocycles. The number of carbonyl (C=O) groups excluding carboxylic acids is 1. The van der Waals surface area contributed by atoms with Gasteiger partial charge < -0.3 is 10.2 Å². The summed E-state index contributed by atoms with van der Waals surface area (Å²) in [5.74, 6) is 0.868. The summed E-state index contributed by atoms with van der Waals surface area (Å²) in [5.41, 5.74) is 0.109. The number of ketones is 1. The second-order valence-corrected chi connectivity index (χ2v) is 10.2. The zero-order valence-electron chi connectivity index (χ0n) is 17.4. The van der Waals surface area contributed by atoms with Gasteiger partial charge in [0.05, 0.1) is 5.60 Å². The van der Waals surface area contributed by atoms with Gasteiger partial charge in [-0.15, -0.1) is 0 Å². The Kier molecular flexibility index (Phi) is 6.82. The van der Waals surface area contributed by atoms with E-state index in [2.05, 4.69) is 32.9 Å². The molecule has 0 heterocycles. The Morgan fingerprint density at radius 1 is 1.24 bits per heavy atom. The van der Waals surface area contributed by atoms with E-state index in [1.165, 1.54) is 5.57 Å². The van der Waals surface area contributed by atoms with Crippen LogP contribution in [0.1, 0.15) is 72.1 Å². The molecule has 5 heteroatoms. The van der Waals surface area contributed by atoms with Crippen LogP contribution in [0.3, 0.4) is 0 Å². The van der Waals surface area contributed by atoms with Crippen LogP contribution in [0.25, 0.3) is 0 Å². The van der Waals surface area contributed by atoms with Crippen LogP contribution in [-0.2, 0) is 9.59 Å². The molecule has 0 aromatic rings. The van der Waals surface area contributed by atoms with E-state index >= 15 is 0 Å². The normalized spacial score (nSPS) is 45.5. The average Bonchev–Trinajstić information content (AvgIpc) is 2.88. The van der Waals surface area contributed by atoms with Crippen molar-refractivity contribution in [3.05, 3.63) is 23.8 Å². The topological polar surface area (TPSA) is 74.6 Å². The van der Waals surface area contributed by atoms with E-state index in [4.69, 9.17) is 0 Å². The number of allylic oxidation sites excluding steroid dienone is 4. The van der Waals surface area contributed by atoms with Crippen molar-refractivity contribution < 1.29 is 19.8 Å². The second kappa shape index (κ2) is 8.29. The summed E-state index contributed by atoms with van der Waals surface area (Å²) in [7, 11) is 0. The van der Waals surface area contributed by atoms with Crippen molar-refractivity contribution in [1.29, 1.82) is 0 Å². The van der Waals surface area contributed by atoms with Crippen LogP contribution in [0.2, 0.25) is 0 Å². The predicted octanol–water partition coefficient (Wildman–Crippen LogP) is 3.88. The van der Waals surface area contributed by atoms with Crippen LogP contribution >= 0.6 is 0 Å². The Bertz CT molecular complexity index is 758. The summed E-state index contributed by atoms with van der Waals surface area (Å²) in [6, 6.07) is 0. The fourth-order valence-corrected chi connectivity index (χ4v) is 7.55. The molecule has 0 amide bonds. The molecule has 0 bridgehead atoms.